The highest BCUT2D eigenvalue weighted by atomic mass is 16.3. The first-order chi connectivity index (χ1) is 12.7. The number of benzene rings is 1. The average Bonchev–Trinajstić information content (AvgIpc) is 2.69. The maximum absolute atomic E-state index is 9.43. The monoisotopic (exact) mass is 348 g/mol. The molecule has 3 rings (SSSR count). The Morgan fingerprint density at radius 1 is 1.00 bits per heavy atom. The molecule has 3 aromatic rings. The standard InChI is InChI=1S/C21H24N4O/c1-15-16(2)24-21(19-10-6-7-12-22-19)25-20(15)23-14-18(11-13-26)17-8-4-3-5-9-17/h3-10,12,18,26H,11,13-14H2,1-2H3,(H,23,24,25). The van der Waals surface area contributed by atoms with Gasteiger partial charge in [-0.05, 0) is 38.0 Å². The molecule has 1 unspecified atom stereocenters. The van der Waals surface area contributed by atoms with Crippen LogP contribution in [0.5, 0.6) is 0 Å². The van der Waals surface area contributed by atoms with Crippen LogP contribution in [-0.4, -0.2) is 33.2 Å². The van der Waals surface area contributed by atoms with Gasteiger partial charge in [0.05, 0.1) is 0 Å². The molecule has 1 aromatic carbocycles. The summed E-state index contributed by atoms with van der Waals surface area (Å²) >= 11 is 0. The molecule has 5 nitrogen and oxygen atoms in total. The van der Waals surface area contributed by atoms with Crippen LogP contribution in [0.1, 0.15) is 29.2 Å². The van der Waals surface area contributed by atoms with Crippen LogP contribution >= 0.6 is 0 Å². The number of aromatic nitrogens is 3. The Kier molecular flexibility index (Phi) is 5.92. The summed E-state index contributed by atoms with van der Waals surface area (Å²) in [4.78, 5) is 13.6. The van der Waals surface area contributed by atoms with Crippen molar-refractivity contribution in [2.75, 3.05) is 18.5 Å². The summed E-state index contributed by atoms with van der Waals surface area (Å²) in [6.07, 6.45) is 2.45. The predicted molar refractivity (Wildman–Crippen MR) is 104 cm³/mol. The van der Waals surface area contributed by atoms with Crippen LogP contribution in [0.25, 0.3) is 11.5 Å². The molecular weight excluding hydrogens is 324 g/mol. The van der Waals surface area contributed by atoms with Crippen molar-refractivity contribution < 1.29 is 5.11 Å². The number of aliphatic hydroxyl groups excluding tert-OH is 1. The lowest BCUT2D eigenvalue weighted by atomic mass is 9.96. The van der Waals surface area contributed by atoms with Gasteiger partial charge in [-0.2, -0.15) is 0 Å². The molecule has 1 atom stereocenters. The van der Waals surface area contributed by atoms with Crippen molar-refractivity contribution in [3.8, 4) is 11.5 Å². The molecule has 0 spiro atoms. The van der Waals surface area contributed by atoms with Crippen molar-refractivity contribution in [3.63, 3.8) is 0 Å². The molecule has 26 heavy (non-hydrogen) atoms. The fourth-order valence-electron chi connectivity index (χ4n) is 2.90. The predicted octanol–water partition coefficient (Wildman–Crippen LogP) is 3.73. The van der Waals surface area contributed by atoms with Gasteiger partial charge in [0.2, 0.25) is 0 Å². The largest absolute Gasteiger partial charge is 0.396 e. The highest BCUT2D eigenvalue weighted by molar-refractivity contribution is 5.56. The fraction of sp³-hybridized carbons (Fsp3) is 0.286. The third kappa shape index (κ3) is 4.24. The zero-order valence-electron chi connectivity index (χ0n) is 15.2. The van der Waals surface area contributed by atoms with Crippen LogP contribution in [0.3, 0.4) is 0 Å². The number of rotatable bonds is 7. The molecule has 0 aliphatic heterocycles. The molecule has 2 heterocycles. The van der Waals surface area contributed by atoms with Crippen molar-refractivity contribution >= 4 is 5.82 Å². The quantitative estimate of drug-likeness (QED) is 0.681. The van der Waals surface area contributed by atoms with Crippen molar-refractivity contribution in [3.05, 3.63) is 71.5 Å². The number of nitrogens with zero attached hydrogens (tertiary/aromatic N) is 3. The summed E-state index contributed by atoms with van der Waals surface area (Å²) in [5.41, 5.74) is 3.93. The van der Waals surface area contributed by atoms with Gasteiger partial charge in [0.1, 0.15) is 11.5 Å². The van der Waals surface area contributed by atoms with Gasteiger partial charge in [0, 0.05) is 36.5 Å². The molecule has 0 fully saturated rings. The first-order valence-corrected chi connectivity index (χ1v) is 8.85. The third-order valence-electron chi connectivity index (χ3n) is 4.55. The molecule has 134 valence electrons. The zero-order chi connectivity index (χ0) is 18.4. The highest BCUT2D eigenvalue weighted by Crippen LogP contribution is 2.23. The molecular formula is C21H24N4O. The summed E-state index contributed by atoms with van der Waals surface area (Å²) < 4.78 is 0. The number of hydrogen-bond donors (Lipinski definition) is 2. The Morgan fingerprint density at radius 3 is 2.46 bits per heavy atom. The Labute approximate surface area is 154 Å². The summed E-state index contributed by atoms with van der Waals surface area (Å²) in [7, 11) is 0. The zero-order valence-corrected chi connectivity index (χ0v) is 15.2. The summed E-state index contributed by atoms with van der Waals surface area (Å²) in [6, 6.07) is 16.0. The van der Waals surface area contributed by atoms with Crippen LogP contribution in [0.2, 0.25) is 0 Å². The second-order valence-corrected chi connectivity index (χ2v) is 6.32. The van der Waals surface area contributed by atoms with Gasteiger partial charge < -0.3 is 10.4 Å². The summed E-state index contributed by atoms with van der Waals surface area (Å²) in [6.45, 7) is 4.85. The van der Waals surface area contributed by atoms with Crippen molar-refractivity contribution in [2.45, 2.75) is 26.2 Å². The highest BCUT2D eigenvalue weighted by Gasteiger charge is 2.14. The van der Waals surface area contributed by atoms with E-state index in [0.717, 1.165) is 22.8 Å². The summed E-state index contributed by atoms with van der Waals surface area (Å²) in [5.74, 6) is 1.65. The van der Waals surface area contributed by atoms with E-state index < -0.39 is 0 Å². The number of aliphatic hydroxyl groups is 1. The molecule has 0 aliphatic rings. The van der Waals surface area contributed by atoms with Crippen LogP contribution in [-0.2, 0) is 0 Å². The first-order valence-electron chi connectivity index (χ1n) is 8.85. The van der Waals surface area contributed by atoms with Gasteiger partial charge in [0.25, 0.3) is 0 Å². The molecule has 0 radical (unpaired) electrons. The van der Waals surface area contributed by atoms with E-state index in [1.807, 2.05) is 50.2 Å². The minimum atomic E-state index is 0.155. The molecule has 5 heteroatoms. The van der Waals surface area contributed by atoms with Gasteiger partial charge in [-0.1, -0.05) is 36.4 Å². The minimum absolute atomic E-state index is 0.155. The van der Waals surface area contributed by atoms with Gasteiger partial charge in [-0.3, -0.25) is 4.98 Å². The van der Waals surface area contributed by atoms with E-state index in [1.165, 1.54) is 5.56 Å². The second-order valence-electron chi connectivity index (χ2n) is 6.32. The second kappa shape index (κ2) is 8.54. The number of aryl methyl sites for hydroxylation is 1. The third-order valence-corrected chi connectivity index (χ3v) is 4.55. The molecule has 0 amide bonds. The molecule has 0 saturated carbocycles. The number of hydrogen-bond acceptors (Lipinski definition) is 5. The molecule has 2 aromatic heterocycles. The Hall–Kier alpha value is -2.79. The topological polar surface area (TPSA) is 70.9 Å². The van der Waals surface area contributed by atoms with Gasteiger partial charge in [-0.15, -0.1) is 0 Å². The first kappa shape index (κ1) is 18.0. The van der Waals surface area contributed by atoms with E-state index in [-0.39, 0.29) is 12.5 Å². The molecule has 0 bridgehead atoms. The lowest BCUT2D eigenvalue weighted by Crippen LogP contribution is -2.16. The number of nitrogens with one attached hydrogen (secondary N) is 1. The maximum Gasteiger partial charge on any atom is 0.180 e. The molecule has 0 aliphatic carbocycles. The fourth-order valence-corrected chi connectivity index (χ4v) is 2.90. The average molecular weight is 348 g/mol. The SMILES string of the molecule is Cc1nc(-c2ccccn2)nc(NCC(CCO)c2ccccc2)c1C. The van der Waals surface area contributed by atoms with Crippen LogP contribution in [0.4, 0.5) is 5.82 Å². The van der Waals surface area contributed by atoms with Crippen LogP contribution in [0.15, 0.2) is 54.7 Å². The van der Waals surface area contributed by atoms with Crippen molar-refractivity contribution in [2.24, 2.45) is 0 Å². The van der Waals surface area contributed by atoms with Crippen molar-refractivity contribution in [1.82, 2.24) is 15.0 Å². The molecule has 2 N–H and O–H groups in total. The Bertz CT molecular complexity index is 837. The number of pyridine rings is 1. The Morgan fingerprint density at radius 2 is 1.77 bits per heavy atom. The van der Waals surface area contributed by atoms with Gasteiger partial charge in [0.15, 0.2) is 5.82 Å². The molecule has 0 saturated heterocycles. The van der Waals surface area contributed by atoms with E-state index in [0.29, 0.717) is 18.8 Å². The van der Waals surface area contributed by atoms with Crippen LogP contribution < -0.4 is 5.32 Å². The smallest absolute Gasteiger partial charge is 0.180 e. The van der Waals surface area contributed by atoms with E-state index in [9.17, 15) is 5.11 Å². The number of anilines is 1. The van der Waals surface area contributed by atoms with E-state index in [4.69, 9.17) is 0 Å². The lowest BCUT2D eigenvalue weighted by Gasteiger charge is -2.19. The minimum Gasteiger partial charge on any atom is -0.396 e. The Balaban J connectivity index is 1.83. The van der Waals surface area contributed by atoms with Crippen molar-refractivity contribution in [1.29, 1.82) is 0 Å². The van der Waals surface area contributed by atoms with Crippen LogP contribution in [0, 0.1) is 13.8 Å². The van der Waals surface area contributed by atoms with E-state index in [2.05, 4.69) is 32.4 Å². The normalized spacial score (nSPS) is 12.0. The van der Waals surface area contributed by atoms with E-state index >= 15 is 0 Å². The summed E-state index contributed by atoms with van der Waals surface area (Å²) in [5, 5.41) is 12.9. The van der Waals surface area contributed by atoms with Gasteiger partial charge >= 0.3 is 0 Å². The van der Waals surface area contributed by atoms with E-state index in [1.54, 1.807) is 6.20 Å². The van der Waals surface area contributed by atoms with Gasteiger partial charge in [-0.25, -0.2) is 9.97 Å². The maximum atomic E-state index is 9.43. The lowest BCUT2D eigenvalue weighted by molar-refractivity contribution is 0.277.